The van der Waals surface area contributed by atoms with Crippen LogP contribution in [0, 0.1) is 12.8 Å². The molecule has 0 bridgehead atoms. The number of amides is 2. The molecule has 0 spiro atoms. The molecule has 7 nitrogen and oxygen atoms in total. The number of aromatic nitrogens is 1. The van der Waals surface area contributed by atoms with Crippen LogP contribution < -0.4 is 10.2 Å². The Morgan fingerprint density at radius 2 is 1.81 bits per heavy atom. The molecule has 174 valence electrons. The molecule has 8 heteroatoms. The maximum atomic E-state index is 12.5. The average Bonchev–Trinajstić information content (AvgIpc) is 3.32. The summed E-state index contributed by atoms with van der Waals surface area (Å²) >= 11 is 1.63. The first-order chi connectivity index (χ1) is 15.4. The van der Waals surface area contributed by atoms with Crippen molar-refractivity contribution in [2.45, 2.75) is 71.1 Å². The molecular weight excluding hydrogens is 426 g/mol. The summed E-state index contributed by atoms with van der Waals surface area (Å²) in [5.41, 5.74) is 1.71. The van der Waals surface area contributed by atoms with Gasteiger partial charge in [0.05, 0.1) is 21.1 Å². The van der Waals surface area contributed by atoms with Crippen molar-refractivity contribution in [1.29, 1.82) is 0 Å². The third-order valence-electron chi connectivity index (χ3n) is 5.90. The number of hydrogen-bond donors (Lipinski definition) is 2. The van der Waals surface area contributed by atoms with Crippen LogP contribution in [-0.4, -0.2) is 41.0 Å². The highest BCUT2D eigenvalue weighted by Gasteiger charge is 2.35. The van der Waals surface area contributed by atoms with Crippen molar-refractivity contribution in [3.63, 3.8) is 0 Å². The van der Waals surface area contributed by atoms with E-state index in [-0.39, 0.29) is 30.6 Å². The predicted octanol–water partition coefficient (Wildman–Crippen LogP) is 4.67. The van der Waals surface area contributed by atoms with Crippen LogP contribution in [0.3, 0.4) is 0 Å². The van der Waals surface area contributed by atoms with Gasteiger partial charge in [-0.3, -0.25) is 14.4 Å². The third kappa shape index (κ3) is 7.02. The highest BCUT2D eigenvalue weighted by molar-refractivity contribution is 7.18. The number of benzene rings is 1. The molecule has 2 amide bonds. The van der Waals surface area contributed by atoms with E-state index < -0.39 is 5.97 Å². The van der Waals surface area contributed by atoms with Gasteiger partial charge in [-0.05, 0) is 38.0 Å². The molecule has 2 N–H and O–H groups in total. The molecule has 1 aromatic heterocycles. The van der Waals surface area contributed by atoms with E-state index in [2.05, 4.69) is 10.3 Å². The molecule has 1 fully saturated rings. The number of carbonyl (C=O) groups excluding carboxylic acids is 2. The second-order valence-corrected chi connectivity index (χ2v) is 9.79. The van der Waals surface area contributed by atoms with Gasteiger partial charge in [0.15, 0.2) is 0 Å². The number of thiazole rings is 1. The van der Waals surface area contributed by atoms with E-state index >= 15 is 0 Å². The molecule has 1 unspecified atom stereocenters. The Kier molecular flexibility index (Phi) is 9.02. The van der Waals surface area contributed by atoms with Crippen molar-refractivity contribution in [3.05, 3.63) is 23.2 Å². The molecule has 1 atom stereocenters. The lowest BCUT2D eigenvalue weighted by Crippen LogP contribution is -2.33. The number of hydrogen-bond acceptors (Lipinski definition) is 5. The van der Waals surface area contributed by atoms with E-state index in [0.717, 1.165) is 72.3 Å². The van der Waals surface area contributed by atoms with Crippen LogP contribution in [0.4, 0.5) is 5.69 Å². The zero-order valence-corrected chi connectivity index (χ0v) is 19.6. The summed E-state index contributed by atoms with van der Waals surface area (Å²) in [7, 11) is 0. The second kappa shape index (κ2) is 11.9. The smallest absolute Gasteiger partial charge is 0.303 e. The highest BCUT2D eigenvalue weighted by atomic mass is 32.1. The molecule has 0 radical (unpaired) electrons. The molecule has 3 rings (SSSR count). The summed E-state index contributed by atoms with van der Waals surface area (Å²) < 4.78 is 1.10. The van der Waals surface area contributed by atoms with E-state index in [1.807, 2.05) is 25.1 Å². The van der Waals surface area contributed by atoms with Gasteiger partial charge in [0.1, 0.15) is 0 Å². The first-order valence-electron chi connectivity index (χ1n) is 11.6. The molecule has 1 aromatic carbocycles. The maximum Gasteiger partial charge on any atom is 0.303 e. The van der Waals surface area contributed by atoms with Crippen LogP contribution in [0.2, 0.25) is 0 Å². The molecule has 2 heterocycles. The zero-order chi connectivity index (χ0) is 22.9. The molecule has 1 aliphatic heterocycles. The fourth-order valence-corrected chi connectivity index (χ4v) is 4.96. The van der Waals surface area contributed by atoms with Crippen molar-refractivity contribution in [3.8, 4) is 0 Å². The summed E-state index contributed by atoms with van der Waals surface area (Å²) in [6, 6.07) is 5.86. The zero-order valence-electron chi connectivity index (χ0n) is 18.8. The van der Waals surface area contributed by atoms with E-state index in [1.165, 1.54) is 0 Å². The van der Waals surface area contributed by atoms with Gasteiger partial charge in [0.25, 0.3) is 0 Å². The normalized spacial score (nSPS) is 16.1. The first-order valence-corrected chi connectivity index (χ1v) is 12.4. The Morgan fingerprint density at radius 3 is 2.53 bits per heavy atom. The Morgan fingerprint density at radius 1 is 1.12 bits per heavy atom. The van der Waals surface area contributed by atoms with Gasteiger partial charge in [0.2, 0.25) is 11.8 Å². The lowest BCUT2D eigenvalue weighted by molar-refractivity contribution is -0.137. The summed E-state index contributed by atoms with van der Waals surface area (Å²) in [6.45, 7) is 3.03. The van der Waals surface area contributed by atoms with Crippen LogP contribution in [0.1, 0.15) is 69.2 Å². The predicted molar refractivity (Wildman–Crippen MR) is 127 cm³/mol. The molecule has 0 aliphatic carbocycles. The molecule has 2 aromatic rings. The second-order valence-electron chi connectivity index (χ2n) is 8.55. The van der Waals surface area contributed by atoms with Crippen LogP contribution in [0.25, 0.3) is 10.2 Å². The van der Waals surface area contributed by atoms with Gasteiger partial charge in [-0.15, -0.1) is 11.3 Å². The Hall–Kier alpha value is -2.48. The number of nitrogens with zero attached hydrogens (tertiary/aromatic N) is 2. The van der Waals surface area contributed by atoms with E-state index in [4.69, 9.17) is 5.11 Å². The summed E-state index contributed by atoms with van der Waals surface area (Å²) in [4.78, 5) is 41.7. The number of carboxylic acid groups (broad SMARTS) is 1. The SMILES string of the molecule is Cc1nc2cc(N3CC(C(=O)NCCCCCCCCCCC(=O)O)CC3=O)ccc2s1. The minimum Gasteiger partial charge on any atom is -0.481 e. The van der Waals surface area contributed by atoms with Crippen molar-refractivity contribution in [1.82, 2.24) is 10.3 Å². The lowest BCUT2D eigenvalue weighted by atomic mass is 10.1. The highest BCUT2D eigenvalue weighted by Crippen LogP contribution is 2.30. The molecule has 32 heavy (non-hydrogen) atoms. The minimum absolute atomic E-state index is 0.0141. The fraction of sp³-hybridized carbons (Fsp3) is 0.583. The third-order valence-corrected chi connectivity index (χ3v) is 6.85. The van der Waals surface area contributed by atoms with Crippen LogP contribution >= 0.6 is 11.3 Å². The number of aryl methyl sites for hydroxylation is 1. The van der Waals surface area contributed by atoms with Crippen molar-refractivity contribution >= 4 is 45.0 Å². The lowest BCUT2D eigenvalue weighted by Gasteiger charge is -2.16. The van der Waals surface area contributed by atoms with Gasteiger partial charge < -0.3 is 15.3 Å². The average molecular weight is 460 g/mol. The maximum absolute atomic E-state index is 12.5. The molecule has 1 aliphatic rings. The van der Waals surface area contributed by atoms with E-state index in [9.17, 15) is 14.4 Å². The largest absolute Gasteiger partial charge is 0.481 e. The molecular formula is C24H33N3O4S. The van der Waals surface area contributed by atoms with Gasteiger partial charge in [-0.2, -0.15) is 0 Å². The van der Waals surface area contributed by atoms with Gasteiger partial charge in [0, 0.05) is 31.6 Å². The number of carboxylic acids is 1. The Labute approximate surface area is 193 Å². The molecule has 0 saturated carbocycles. The molecule has 1 saturated heterocycles. The summed E-state index contributed by atoms with van der Waals surface area (Å²) in [5, 5.41) is 12.6. The first kappa shape index (κ1) is 24.2. The summed E-state index contributed by atoms with van der Waals surface area (Å²) in [6.07, 6.45) is 8.78. The fourth-order valence-electron chi connectivity index (χ4n) is 4.15. The number of carbonyl (C=O) groups is 3. The van der Waals surface area contributed by atoms with E-state index in [0.29, 0.717) is 13.1 Å². The van der Waals surface area contributed by atoms with Gasteiger partial charge >= 0.3 is 5.97 Å². The number of aliphatic carboxylic acids is 1. The van der Waals surface area contributed by atoms with E-state index in [1.54, 1.807) is 16.2 Å². The van der Waals surface area contributed by atoms with Gasteiger partial charge in [-0.25, -0.2) is 4.98 Å². The number of rotatable bonds is 13. The number of fused-ring (bicyclic) bond motifs is 1. The van der Waals surface area contributed by atoms with Crippen molar-refractivity contribution in [2.24, 2.45) is 5.92 Å². The van der Waals surface area contributed by atoms with Crippen LogP contribution in [-0.2, 0) is 14.4 Å². The number of anilines is 1. The standard InChI is InChI=1S/C24H33N3O4S/c1-17-26-20-15-19(11-12-21(20)32-17)27-16-18(14-22(27)28)24(31)25-13-9-7-5-3-2-4-6-8-10-23(29)30/h11-12,15,18H,2-10,13-14,16H2,1H3,(H,25,31)(H,29,30). The topological polar surface area (TPSA) is 99.6 Å². The van der Waals surface area contributed by atoms with Crippen molar-refractivity contribution < 1.29 is 19.5 Å². The van der Waals surface area contributed by atoms with Crippen LogP contribution in [0.5, 0.6) is 0 Å². The number of nitrogens with one attached hydrogen (secondary N) is 1. The Bertz CT molecular complexity index is 942. The summed E-state index contributed by atoms with van der Waals surface area (Å²) in [5.74, 6) is -1.07. The van der Waals surface area contributed by atoms with Gasteiger partial charge in [-0.1, -0.05) is 38.5 Å². The van der Waals surface area contributed by atoms with Crippen LogP contribution in [0.15, 0.2) is 18.2 Å². The van der Waals surface area contributed by atoms with Crippen molar-refractivity contribution in [2.75, 3.05) is 18.0 Å². The Balaban J connectivity index is 1.30. The quantitative estimate of drug-likeness (QED) is 0.424. The minimum atomic E-state index is -0.714. The number of unbranched alkanes of at least 4 members (excludes halogenated alkanes) is 7. The monoisotopic (exact) mass is 459 g/mol.